The Morgan fingerprint density at radius 2 is 1.54 bits per heavy atom. The van der Waals surface area contributed by atoms with Crippen LogP contribution in [0.25, 0.3) is 0 Å². The van der Waals surface area contributed by atoms with Crippen molar-refractivity contribution in [3.63, 3.8) is 0 Å². The monoisotopic (exact) mass is 368 g/mol. The van der Waals surface area contributed by atoms with Gasteiger partial charge >= 0.3 is 0 Å². The third-order valence-corrected chi connectivity index (χ3v) is 11.7. The first kappa shape index (κ1) is 22.6. The molecule has 0 radical (unpaired) electrons. The van der Waals surface area contributed by atoms with Crippen LogP contribution in [0, 0.1) is 23.3 Å². The van der Waals surface area contributed by atoms with Crippen molar-refractivity contribution >= 4 is 8.07 Å². The summed E-state index contributed by atoms with van der Waals surface area (Å²) in [5, 5.41) is 10.5. The van der Waals surface area contributed by atoms with E-state index in [9.17, 15) is 5.11 Å². The number of unbranched alkanes of at least 4 members (excludes halogenated alkanes) is 2. The fourth-order valence-corrected chi connectivity index (χ4v) is 9.19. The molecule has 0 saturated carbocycles. The van der Waals surface area contributed by atoms with Crippen LogP contribution in [0.1, 0.15) is 85.0 Å². The van der Waals surface area contributed by atoms with Crippen molar-refractivity contribution in [1.82, 2.24) is 0 Å². The molecule has 1 rings (SSSR count). The molecule has 0 aliphatic carbocycles. The molecule has 0 amide bonds. The van der Waals surface area contributed by atoms with E-state index in [0.717, 1.165) is 30.4 Å². The van der Waals surface area contributed by atoms with Crippen molar-refractivity contribution in [2.75, 3.05) is 0 Å². The van der Waals surface area contributed by atoms with Gasteiger partial charge in [0.15, 0.2) is 0 Å². The van der Waals surface area contributed by atoms with Crippen molar-refractivity contribution < 1.29 is 5.11 Å². The molecule has 0 aliphatic rings. The molecule has 0 aromatic heterocycles. The highest BCUT2D eigenvalue weighted by Crippen LogP contribution is 2.40. The molecular weight excluding hydrogens is 332 g/mol. The first-order valence-electron chi connectivity index (χ1n) is 10.1. The summed E-state index contributed by atoms with van der Waals surface area (Å²) >= 11 is 0. The van der Waals surface area contributed by atoms with Crippen LogP contribution in [0.15, 0.2) is 24.3 Å². The predicted octanol–water partition coefficient (Wildman–Crippen LogP) is 6.48. The van der Waals surface area contributed by atoms with Crippen molar-refractivity contribution in [3.05, 3.63) is 35.4 Å². The second kappa shape index (κ2) is 10.6. The second-order valence-electron chi connectivity index (χ2n) is 8.06. The van der Waals surface area contributed by atoms with E-state index in [4.69, 9.17) is 0 Å². The van der Waals surface area contributed by atoms with Crippen LogP contribution in [0.4, 0.5) is 0 Å². The maximum absolute atomic E-state index is 10.5. The second-order valence-corrected chi connectivity index (χ2v) is 13.6. The van der Waals surface area contributed by atoms with E-state index in [-0.39, 0.29) is 0 Å². The molecule has 1 unspecified atom stereocenters. The quantitative estimate of drug-likeness (QED) is 0.346. The van der Waals surface area contributed by atoms with Crippen LogP contribution < -0.4 is 0 Å². The minimum absolute atomic E-state index is 0.598. The normalized spacial score (nSPS) is 12.6. The molecule has 0 aliphatic heterocycles. The summed E-state index contributed by atoms with van der Waals surface area (Å²) in [6.45, 7) is 16.1. The Morgan fingerprint density at radius 1 is 0.962 bits per heavy atom. The zero-order valence-corrected chi connectivity index (χ0v) is 18.7. The van der Waals surface area contributed by atoms with Crippen LogP contribution in [-0.2, 0) is 0 Å². The minimum atomic E-state index is -1.78. The van der Waals surface area contributed by atoms with E-state index in [1.54, 1.807) is 0 Å². The molecule has 142 valence electrons. The van der Waals surface area contributed by atoms with Crippen LogP contribution in [0.2, 0.25) is 16.6 Å². The lowest BCUT2D eigenvalue weighted by atomic mass is 10.0. The molecule has 0 heterocycles. The average Bonchev–Trinajstić information content (AvgIpc) is 2.58. The first-order chi connectivity index (χ1) is 12.3. The summed E-state index contributed by atoms with van der Waals surface area (Å²) in [7, 11) is -1.78. The van der Waals surface area contributed by atoms with Gasteiger partial charge in [-0.2, -0.15) is 0 Å². The minimum Gasteiger partial charge on any atom is -0.376 e. The molecule has 1 aromatic carbocycles. The van der Waals surface area contributed by atoms with Gasteiger partial charge < -0.3 is 5.11 Å². The van der Waals surface area contributed by atoms with Crippen LogP contribution in [0.3, 0.4) is 0 Å². The van der Waals surface area contributed by atoms with E-state index in [2.05, 4.69) is 71.8 Å². The lowest BCUT2D eigenvalue weighted by Crippen LogP contribution is -2.43. The fourth-order valence-electron chi connectivity index (χ4n) is 3.97. The number of aliphatic hydroxyl groups is 1. The summed E-state index contributed by atoms with van der Waals surface area (Å²) in [4.78, 5) is 0. The molecule has 1 atom stereocenters. The van der Waals surface area contributed by atoms with E-state index >= 15 is 0 Å². The standard InChI is InChI=1S/C24H36OSi/c1-8-9-10-11-16-24(25)23-15-13-12-14-22(23)17-18-26(19(2)3,20(4)5)21(6)7/h12-15,19-21,24-25H,8-10H2,1-7H3. The Balaban J connectivity index is 3.26. The SMILES string of the molecule is CCCCC#CC(O)c1ccccc1C#C[Si](C(C)C)(C(C)C)C(C)C. The summed E-state index contributed by atoms with van der Waals surface area (Å²) in [5.41, 5.74) is 7.30. The lowest BCUT2D eigenvalue weighted by molar-refractivity contribution is 0.238. The summed E-state index contributed by atoms with van der Waals surface area (Å²) in [5.74, 6) is 9.55. The molecule has 0 bridgehead atoms. The molecule has 2 heteroatoms. The van der Waals surface area contributed by atoms with Gasteiger partial charge in [-0.25, -0.2) is 0 Å². The predicted molar refractivity (Wildman–Crippen MR) is 117 cm³/mol. The molecule has 0 spiro atoms. The first-order valence-corrected chi connectivity index (χ1v) is 12.3. The highest BCUT2D eigenvalue weighted by molar-refractivity contribution is 6.90. The van der Waals surface area contributed by atoms with Gasteiger partial charge in [0, 0.05) is 17.5 Å². The van der Waals surface area contributed by atoms with Crippen molar-refractivity contribution in [3.8, 4) is 23.3 Å². The molecule has 1 N–H and O–H groups in total. The molecular formula is C24H36OSi. The van der Waals surface area contributed by atoms with E-state index in [0.29, 0.717) is 16.6 Å². The van der Waals surface area contributed by atoms with Gasteiger partial charge in [-0.05, 0) is 29.1 Å². The van der Waals surface area contributed by atoms with Gasteiger partial charge in [0.1, 0.15) is 14.2 Å². The number of hydrogen-bond donors (Lipinski definition) is 1. The third kappa shape index (κ3) is 5.50. The molecule has 1 nitrogen and oxygen atoms in total. The maximum atomic E-state index is 10.5. The number of benzene rings is 1. The Labute approximate surface area is 162 Å². The maximum Gasteiger partial charge on any atom is 0.146 e. The van der Waals surface area contributed by atoms with Crippen molar-refractivity contribution in [2.45, 2.75) is 90.5 Å². The van der Waals surface area contributed by atoms with E-state index in [1.807, 2.05) is 24.3 Å². The third-order valence-electron chi connectivity index (χ3n) is 5.43. The Hall–Kier alpha value is -1.48. The van der Waals surface area contributed by atoms with Gasteiger partial charge in [-0.15, -0.1) is 11.5 Å². The van der Waals surface area contributed by atoms with Crippen molar-refractivity contribution in [2.24, 2.45) is 0 Å². The fraction of sp³-hybridized carbons (Fsp3) is 0.583. The molecule has 1 aromatic rings. The Kier molecular flexibility index (Phi) is 9.21. The van der Waals surface area contributed by atoms with Gasteiger partial charge in [0.05, 0.1) is 0 Å². The Morgan fingerprint density at radius 3 is 2.08 bits per heavy atom. The smallest absolute Gasteiger partial charge is 0.146 e. The largest absolute Gasteiger partial charge is 0.376 e. The van der Waals surface area contributed by atoms with Crippen LogP contribution >= 0.6 is 0 Å². The summed E-state index contributed by atoms with van der Waals surface area (Å²) in [6.07, 6.45) is 2.28. The van der Waals surface area contributed by atoms with Crippen LogP contribution in [-0.4, -0.2) is 13.2 Å². The highest BCUT2D eigenvalue weighted by Gasteiger charge is 2.41. The average molecular weight is 369 g/mol. The molecule has 26 heavy (non-hydrogen) atoms. The van der Waals surface area contributed by atoms with Gasteiger partial charge in [-0.1, -0.05) is 84.9 Å². The highest BCUT2D eigenvalue weighted by atomic mass is 28.3. The van der Waals surface area contributed by atoms with Crippen LogP contribution in [0.5, 0.6) is 0 Å². The number of rotatable bonds is 6. The topological polar surface area (TPSA) is 20.2 Å². The summed E-state index contributed by atoms with van der Waals surface area (Å²) < 4.78 is 0. The zero-order chi connectivity index (χ0) is 19.7. The molecule has 0 saturated heterocycles. The zero-order valence-electron chi connectivity index (χ0n) is 17.7. The van der Waals surface area contributed by atoms with Crippen molar-refractivity contribution in [1.29, 1.82) is 0 Å². The summed E-state index contributed by atoms with van der Waals surface area (Å²) in [6, 6.07) is 7.91. The van der Waals surface area contributed by atoms with E-state index < -0.39 is 14.2 Å². The van der Waals surface area contributed by atoms with Gasteiger partial charge in [0.2, 0.25) is 0 Å². The lowest BCUT2D eigenvalue weighted by Gasteiger charge is -2.38. The molecule has 0 fully saturated rings. The van der Waals surface area contributed by atoms with E-state index in [1.165, 1.54) is 0 Å². The number of hydrogen-bond acceptors (Lipinski definition) is 1. The van der Waals surface area contributed by atoms with Gasteiger partial charge in [-0.3, -0.25) is 0 Å². The van der Waals surface area contributed by atoms with Gasteiger partial charge in [0.25, 0.3) is 0 Å². The Bertz CT molecular complexity index is 658. The number of aliphatic hydroxyl groups excluding tert-OH is 1.